The summed E-state index contributed by atoms with van der Waals surface area (Å²) in [6.45, 7) is 0.971. The van der Waals surface area contributed by atoms with Gasteiger partial charge in [0.15, 0.2) is 0 Å². The van der Waals surface area contributed by atoms with E-state index in [1.807, 2.05) is 0 Å². The molecule has 4 aliphatic rings. The van der Waals surface area contributed by atoms with Crippen LogP contribution in [-0.2, 0) is 19.8 Å². The number of carbonyl (C=O) groups is 2. The van der Waals surface area contributed by atoms with Crippen molar-refractivity contribution in [2.45, 2.75) is 37.8 Å². The maximum absolute atomic E-state index is 14.3. The highest BCUT2D eigenvalue weighted by Gasteiger charge is 2.44. The van der Waals surface area contributed by atoms with Gasteiger partial charge in [0.1, 0.15) is 30.0 Å². The van der Waals surface area contributed by atoms with Crippen LogP contribution in [-0.4, -0.2) is 79.1 Å². The molecule has 13 heteroatoms. The van der Waals surface area contributed by atoms with E-state index in [4.69, 9.17) is 10.00 Å². The lowest BCUT2D eigenvalue weighted by molar-refractivity contribution is -0.142. The van der Waals surface area contributed by atoms with Gasteiger partial charge in [-0.1, -0.05) is 0 Å². The molecule has 0 aliphatic carbocycles. The summed E-state index contributed by atoms with van der Waals surface area (Å²) in [4.78, 5) is 28.0. The van der Waals surface area contributed by atoms with Crippen LogP contribution in [0.15, 0.2) is 12.1 Å². The fourth-order valence-corrected chi connectivity index (χ4v) is 7.21. The lowest BCUT2D eigenvalue weighted by Crippen LogP contribution is -2.57. The van der Waals surface area contributed by atoms with Gasteiger partial charge in [-0.25, -0.2) is 8.78 Å². The summed E-state index contributed by atoms with van der Waals surface area (Å²) in [6, 6.07) is 2.30. The molecule has 36 heavy (non-hydrogen) atoms. The van der Waals surface area contributed by atoms with Crippen molar-refractivity contribution in [3.63, 3.8) is 0 Å². The Labute approximate surface area is 207 Å². The summed E-state index contributed by atoms with van der Waals surface area (Å²) in [5, 5.41) is 11.7. The number of benzene rings is 1. The third kappa shape index (κ3) is 4.42. The van der Waals surface area contributed by atoms with E-state index in [9.17, 15) is 26.8 Å². The molecule has 0 radical (unpaired) electrons. The Kier molecular flexibility index (Phi) is 6.61. The van der Waals surface area contributed by atoms with E-state index in [1.165, 1.54) is 13.5 Å². The molecule has 2 amide bonds. The van der Waals surface area contributed by atoms with Gasteiger partial charge in [-0.05, 0) is 25.7 Å². The van der Waals surface area contributed by atoms with E-state index in [0.29, 0.717) is 38.8 Å². The van der Waals surface area contributed by atoms with E-state index < -0.39 is 45.8 Å². The Morgan fingerprint density at radius 3 is 2.58 bits per heavy atom. The molecule has 1 N–H and O–H groups in total. The quantitative estimate of drug-likeness (QED) is 0.612. The molecule has 0 bridgehead atoms. The zero-order valence-electron chi connectivity index (χ0n) is 19.5. The topological polar surface area (TPSA) is 123 Å². The molecule has 3 fully saturated rings. The van der Waals surface area contributed by atoms with Crippen LogP contribution in [0.3, 0.4) is 0 Å². The molecule has 10 nitrogen and oxygen atoms in total. The molecule has 194 valence electrons. The number of ether oxygens (including phenoxy) is 1. The molecule has 0 unspecified atom stereocenters. The van der Waals surface area contributed by atoms with Gasteiger partial charge in [0.05, 0.1) is 29.5 Å². The number of halogens is 2. The van der Waals surface area contributed by atoms with Crippen LogP contribution in [0.25, 0.3) is 0 Å². The first-order valence-corrected chi connectivity index (χ1v) is 13.5. The number of hydrogen-bond acceptors (Lipinski definition) is 6. The minimum Gasteiger partial charge on any atom is -0.490 e. The lowest BCUT2D eigenvalue weighted by atomic mass is 9.97. The van der Waals surface area contributed by atoms with Crippen LogP contribution in [0.1, 0.15) is 37.3 Å². The van der Waals surface area contributed by atoms with Gasteiger partial charge in [0.25, 0.3) is 10.2 Å². The molecule has 0 aromatic heterocycles. The van der Waals surface area contributed by atoms with Crippen LogP contribution < -0.4 is 10.1 Å². The normalized spacial score (nSPS) is 27.1. The molecule has 4 heterocycles. The number of nitrogens with one attached hydrogen (secondary N) is 1. The van der Waals surface area contributed by atoms with E-state index >= 15 is 0 Å². The predicted octanol–water partition coefficient (Wildman–Crippen LogP) is 0.918. The number of fused-ring (bicyclic) bond motifs is 1. The molecule has 5 rings (SSSR count). The van der Waals surface area contributed by atoms with Crippen molar-refractivity contribution in [3.05, 3.63) is 29.3 Å². The fourth-order valence-electron chi connectivity index (χ4n) is 5.42. The zero-order chi connectivity index (χ0) is 25.6. The number of piperidine rings is 1. The second-order valence-electron chi connectivity index (χ2n) is 9.71. The second kappa shape index (κ2) is 9.57. The maximum atomic E-state index is 14.3. The average Bonchev–Trinajstić information content (AvgIpc) is 3.45. The fraction of sp³-hybridized carbons (Fsp3) is 0.609. The van der Waals surface area contributed by atoms with Crippen LogP contribution >= 0.6 is 0 Å². The third-order valence-electron chi connectivity index (χ3n) is 7.38. The van der Waals surface area contributed by atoms with Gasteiger partial charge in [-0.3, -0.25) is 9.59 Å². The highest BCUT2D eigenvalue weighted by molar-refractivity contribution is 7.86. The summed E-state index contributed by atoms with van der Waals surface area (Å²) in [5.41, 5.74) is 0.0818. The van der Waals surface area contributed by atoms with E-state index in [0.717, 1.165) is 12.1 Å². The smallest absolute Gasteiger partial charge is 0.282 e. The molecule has 4 aliphatic heterocycles. The first kappa shape index (κ1) is 24.9. The largest absolute Gasteiger partial charge is 0.490 e. The summed E-state index contributed by atoms with van der Waals surface area (Å²) in [7, 11) is -3.75. The highest BCUT2D eigenvalue weighted by atomic mass is 32.2. The van der Waals surface area contributed by atoms with Gasteiger partial charge in [0.2, 0.25) is 11.8 Å². The molecule has 1 aromatic rings. The predicted molar refractivity (Wildman–Crippen MR) is 121 cm³/mol. The Bertz CT molecular complexity index is 1220. The van der Waals surface area contributed by atoms with Gasteiger partial charge >= 0.3 is 0 Å². The summed E-state index contributed by atoms with van der Waals surface area (Å²) in [5.74, 6) is -3.14. The van der Waals surface area contributed by atoms with Crippen molar-refractivity contribution in [2.75, 3.05) is 39.3 Å². The number of hydrogen-bond donors (Lipinski definition) is 1. The average molecular weight is 524 g/mol. The Morgan fingerprint density at radius 1 is 1.08 bits per heavy atom. The monoisotopic (exact) mass is 523 g/mol. The zero-order valence-corrected chi connectivity index (χ0v) is 20.3. The van der Waals surface area contributed by atoms with Crippen LogP contribution in [0, 0.1) is 34.8 Å². The van der Waals surface area contributed by atoms with Crippen molar-refractivity contribution in [1.29, 1.82) is 5.26 Å². The van der Waals surface area contributed by atoms with Gasteiger partial charge in [-0.2, -0.15) is 22.3 Å². The lowest BCUT2D eigenvalue weighted by Gasteiger charge is -2.41. The number of rotatable bonds is 5. The number of likely N-dealkylation sites (tertiary alicyclic amines) is 1. The van der Waals surface area contributed by atoms with E-state index in [1.54, 1.807) is 0 Å². The first-order valence-electron chi connectivity index (χ1n) is 12.1. The molecule has 3 saturated heterocycles. The van der Waals surface area contributed by atoms with Crippen molar-refractivity contribution < 1.29 is 31.5 Å². The number of nitriles is 1. The Balaban J connectivity index is 1.24. The minimum absolute atomic E-state index is 0.0281. The van der Waals surface area contributed by atoms with E-state index in [2.05, 4.69) is 11.4 Å². The first-order chi connectivity index (χ1) is 17.2. The molecular formula is C23H27F2N5O5S. The van der Waals surface area contributed by atoms with Crippen LogP contribution in [0.4, 0.5) is 8.78 Å². The molecule has 0 spiro atoms. The maximum Gasteiger partial charge on any atom is 0.282 e. The van der Waals surface area contributed by atoms with Crippen molar-refractivity contribution >= 4 is 22.0 Å². The number of carbonyl (C=O) groups excluding carboxylic acids is 2. The summed E-state index contributed by atoms with van der Waals surface area (Å²) >= 11 is 0. The number of amides is 2. The van der Waals surface area contributed by atoms with Gasteiger partial charge < -0.3 is 15.0 Å². The number of nitrogens with zero attached hydrogens (tertiary/aromatic N) is 4. The Morgan fingerprint density at radius 2 is 1.83 bits per heavy atom. The van der Waals surface area contributed by atoms with Crippen LogP contribution in [0.5, 0.6) is 5.75 Å². The minimum atomic E-state index is -3.75. The van der Waals surface area contributed by atoms with E-state index in [-0.39, 0.29) is 49.4 Å². The van der Waals surface area contributed by atoms with Gasteiger partial charge in [0, 0.05) is 44.9 Å². The van der Waals surface area contributed by atoms with Crippen molar-refractivity contribution in [1.82, 2.24) is 18.8 Å². The summed E-state index contributed by atoms with van der Waals surface area (Å²) in [6.07, 6.45) is 2.07. The molecule has 1 aromatic carbocycles. The molecular weight excluding hydrogens is 496 g/mol. The van der Waals surface area contributed by atoms with Crippen LogP contribution in [0.2, 0.25) is 0 Å². The van der Waals surface area contributed by atoms with Crippen molar-refractivity contribution in [3.8, 4) is 11.8 Å². The third-order valence-corrected chi connectivity index (χ3v) is 9.32. The SMILES string of the molecule is N#CC1CN(S(=O)(=O)N2CCC[C@H](C(=O)N3CCC[C@@H]3C(=O)N[C@H]3COc4cc(F)cc(F)c43)C2)C1. The summed E-state index contributed by atoms with van der Waals surface area (Å²) < 4.78 is 61.5. The second-order valence-corrected chi connectivity index (χ2v) is 11.6. The standard InChI is InChI=1S/C23H27F2N5O5S/c24-16-7-17(25)21-18(13-35-20(21)8-16)27-22(31)19-4-2-6-30(19)23(32)15-3-1-5-28(12-15)36(33,34)29-10-14(9-26)11-29/h7-8,14-15,18-19H,1-6,10-13H2,(H,27,31)/t15-,18-,19+/m0/s1. The Hall–Kier alpha value is -2.82. The highest BCUT2D eigenvalue weighted by Crippen LogP contribution is 2.36. The molecule has 0 saturated carbocycles. The molecule has 3 atom stereocenters. The van der Waals surface area contributed by atoms with Crippen molar-refractivity contribution in [2.24, 2.45) is 11.8 Å². The van der Waals surface area contributed by atoms with Gasteiger partial charge in [-0.15, -0.1) is 0 Å².